The molecule has 0 heterocycles. The molecule has 0 spiro atoms. The van der Waals surface area contributed by atoms with Crippen molar-refractivity contribution in [1.82, 2.24) is 5.32 Å². The number of carbonyl (C=O) groups excluding carboxylic acids is 1. The number of unbranched alkanes of at least 4 members (excludes halogenated alkanes) is 1. The van der Waals surface area contributed by atoms with Gasteiger partial charge < -0.3 is 20.2 Å². The molecule has 20 heavy (non-hydrogen) atoms. The van der Waals surface area contributed by atoms with Crippen molar-refractivity contribution < 1.29 is 14.3 Å². The summed E-state index contributed by atoms with van der Waals surface area (Å²) in [5.41, 5.74) is 3.92. The molecule has 0 fully saturated rings. The van der Waals surface area contributed by atoms with Gasteiger partial charge in [-0.15, -0.1) is 0 Å². The Morgan fingerprint density at radius 1 is 1.15 bits per heavy atom. The molecule has 1 aromatic rings. The average Bonchev–Trinajstić information content (AvgIpc) is 2.50. The number of anilines is 1. The van der Waals surface area contributed by atoms with E-state index in [1.807, 2.05) is 0 Å². The molecule has 0 aromatic heterocycles. The molecule has 0 atom stereocenters. The molecule has 0 saturated heterocycles. The van der Waals surface area contributed by atoms with Gasteiger partial charge in [-0.05, 0) is 37.1 Å². The predicted molar refractivity (Wildman–Crippen MR) is 78.5 cm³/mol. The van der Waals surface area contributed by atoms with Gasteiger partial charge in [-0.3, -0.25) is 10.6 Å². The molecule has 1 aromatic carbocycles. The van der Waals surface area contributed by atoms with Crippen LogP contribution < -0.4 is 16.6 Å². The van der Waals surface area contributed by atoms with E-state index in [1.165, 1.54) is 0 Å². The van der Waals surface area contributed by atoms with E-state index in [2.05, 4.69) is 10.7 Å². The minimum absolute atomic E-state index is 0.0751. The van der Waals surface area contributed by atoms with E-state index in [9.17, 15) is 4.79 Å². The lowest BCUT2D eigenvalue weighted by Crippen LogP contribution is -2.24. The zero-order valence-corrected chi connectivity index (χ0v) is 11.9. The van der Waals surface area contributed by atoms with Gasteiger partial charge in [0.05, 0.1) is 13.2 Å². The van der Waals surface area contributed by atoms with E-state index in [4.69, 9.17) is 15.3 Å². The van der Waals surface area contributed by atoms with Gasteiger partial charge in [0.2, 0.25) is 0 Å². The summed E-state index contributed by atoms with van der Waals surface area (Å²) in [6.07, 6.45) is 1.81. The highest BCUT2D eigenvalue weighted by Crippen LogP contribution is 2.07. The topological polar surface area (TPSA) is 85.6 Å². The first-order chi connectivity index (χ1) is 9.77. The van der Waals surface area contributed by atoms with Crippen LogP contribution in [0.5, 0.6) is 0 Å². The first-order valence-corrected chi connectivity index (χ1v) is 6.69. The van der Waals surface area contributed by atoms with Crippen LogP contribution in [0.15, 0.2) is 24.3 Å². The molecule has 0 bridgehead atoms. The quantitative estimate of drug-likeness (QED) is 0.340. The van der Waals surface area contributed by atoms with Crippen molar-refractivity contribution in [1.29, 1.82) is 0 Å². The molecular formula is C14H23N3O3. The largest absolute Gasteiger partial charge is 0.382 e. The Kier molecular flexibility index (Phi) is 8.37. The number of methoxy groups -OCH3 is 1. The maximum absolute atomic E-state index is 11.8. The van der Waals surface area contributed by atoms with Gasteiger partial charge in [-0.2, -0.15) is 0 Å². The fourth-order valence-corrected chi connectivity index (χ4v) is 1.60. The van der Waals surface area contributed by atoms with Crippen molar-refractivity contribution in [2.45, 2.75) is 12.8 Å². The van der Waals surface area contributed by atoms with Crippen molar-refractivity contribution in [2.75, 3.05) is 38.9 Å². The average molecular weight is 281 g/mol. The van der Waals surface area contributed by atoms with Gasteiger partial charge in [-0.1, -0.05) is 0 Å². The molecular weight excluding hydrogens is 258 g/mol. The number of rotatable bonds is 10. The Bertz CT molecular complexity index is 382. The van der Waals surface area contributed by atoms with Gasteiger partial charge in [0.25, 0.3) is 5.91 Å². The highest BCUT2D eigenvalue weighted by molar-refractivity contribution is 5.94. The number of hydrazine groups is 1. The van der Waals surface area contributed by atoms with Crippen LogP contribution in [-0.4, -0.2) is 39.4 Å². The number of amides is 1. The number of nitrogens with one attached hydrogen (secondary N) is 2. The Labute approximate surface area is 119 Å². The van der Waals surface area contributed by atoms with E-state index in [-0.39, 0.29) is 5.91 Å². The van der Waals surface area contributed by atoms with E-state index < -0.39 is 0 Å². The molecule has 0 aliphatic heterocycles. The summed E-state index contributed by atoms with van der Waals surface area (Å²) in [4.78, 5) is 11.8. The third-order valence-corrected chi connectivity index (χ3v) is 2.75. The summed E-state index contributed by atoms with van der Waals surface area (Å²) in [7, 11) is 1.65. The van der Waals surface area contributed by atoms with Crippen molar-refractivity contribution in [3.63, 3.8) is 0 Å². The van der Waals surface area contributed by atoms with Crippen LogP contribution in [-0.2, 0) is 9.47 Å². The van der Waals surface area contributed by atoms with E-state index in [1.54, 1.807) is 31.4 Å². The van der Waals surface area contributed by atoms with Crippen LogP contribution >= 0.6 is 0 Å². The van der Waals surface area contributed by atoms with Gasteiger partial charge >= 0.3 is 0 Å². The molecule has 0 radical (unpaired) electrons. The SMILES string of the molecule is COCCOCCCCNC(=O)c1ccc(NN)cc1. The highest BCUT2D eigenvalue weighted by Gasteiger charge is 2.03. The van der Waals surface area contributed by atoms with Crippen LogP contribution in [0.1, 0.15) is 23.2 Å². The number of nitrogen functional groups attached to an aromatic ring is 1. The summed E-state index contributed by atoms with van der Waals surface area (Å²) in [6.45, 7) is 2.56. The summed E-state index contributed by atoms with van der Waals surface area (Å²) >= 11 is 0. The number of hydrogen-bond donors (Lipinski definition) is 3. The number of nitrogens with two attached hydrogens (primary N) is 1. The fraction of sp³-hybridized carbons (Fsp3) is 0.500. The zero-order chi connectivity index (χ0) is 14.6. The Morgan fingerprint density at radius 3 is 2.55 bits per heavy atom. The van der Waals surface area contributed by atoms with Crippen LogP contribution in [0.3, 0.4) is 0 Å². The first-order valence-electron chi connectivity index (χ1n) is 6.69. The molecule has 4 N–H and O–H groups in total. The summed E-state index contributed by atoms with van der Waals surface area (Å²) in [5, 5.41) is 2.87. The maximum Gasteiger partial charge on any atom is 0.251 e. The molecule has 0 aliphatic rings. The van der Waals surface area contributed by atoms with Gasteiger partial charge in [0, 0.05) is 31.5 Å². The van der Waals surface area contributed by atoms with E-state index in [0.29, 0.717) is 31.9 Å². The van der Waals surface area contributed by atoms with Crippen molar-refractivity contribution >= 4 is 11.6 Å². The third kappa shape index (κ3) is 6.51. The Balaban J connectivity index is 2.10. The van der Waals surface area contributed by atoms with Crippen LogP contribution in [0.2, 0.25) is 0 Å². The number of hydrogen-bond acceptors (Lipinski definition) is 5. The first kappa shape index (κ1) is 16.4. The minimum atomic E-state index is -0.0751. The van der Waals surface area contributed by atoms with Crippen LogP contribution in [0, 0.1) is 0 Å². The monoisotopic (exact) mass is 281 g/mol. The van der Waals surface area contributed by atoms with E-state index in [0.717, 1.165) is 18.5 Å². The molecule has 6 heteroatoms. The van der Waals surface area contributed by atoms with Gasteiger partial charge in [-0.25, -0.2) is 0 Å². The molecule has 112 valence electrons. The molecule has 6 nitrogen and oxygen atoms in total. The standard InChI is InChI=1S/C14H23N3O3/c1-19-10-11-20-9-3-2-8-16-14(18)12-4-6-13(17-15)7-5-12/h4-7,17H,2-3,8-11,15H2,1H3,(H,16,18). The lowest BCUT2D eigenvalue weighted by Gasteiger charge is -2.07. The Hall–Kier alpha value is -1.63. The van der Waals surface area contributed by atoms with Crippen molar-refractivity contribution in [2.24, 2.45) is 5.84 Å². The zero-order valence-electron chi connectivity index (χ0n) is 11.9. The van der Waals surface area contributed by atoms with E-state index >= 15 is 0 Å². The maximum atomic E-state index is 11.8. The molecule has 0 aliphatic carbocycles. The minimum Gasteiger partial charge on any atom is -0.382 e. The summed E-state index contributed by atoms with van der Waals surface area (Å²) in [5.74, 6) is 5.19. The number of benzene rings is 1. The Morgan fingerprint density at radius 2 is 1.90 bits per heavy atom. The predicted octanol–water partition coefficient (Wildman–Crippen LogP) is 1.15. The second kappa shape index (κ2) is 10.2. The molecule has 1 rings (SSSR count). The van der Waals surface area contributed by atoms with Gasteiger partial charge in [0.15, 0.2) is 0 Å². The fourth-order valence-electron chi connectivity index (χ4n) is 1.60. The lowest BCUT2D eigenvalue weighted by molar-refractivity contribution is 0.0686. The van der Waals surface area contributed by atoms with Crippen LogP contribution in [0.4, 0.5) is 5.69 Å². The normalized spacial score (nSPS) is 10.3. The molecule has 0 unspecified atom stereocenters. The second-order valence-electron chi connectivity index (χ2n) is 4.29. The summed E-state index contributed by atoms with van der Waals surface area (Å²) < 4.78 is 10.2. The molecule has 0 saturated carbocycles. The molecule has 1 amide bonds. The van der Waals surface area contributed by atoms with Crippen molar-refractivity contribution in [3.05, 3.63) is 29.8 Å². The van der Waals surface area contributed by atoms with Crippen LogP contribution in [0.25, 0.3) is 0 Å². The number of ether oxygens (including phenoxy) is 2. The second-order valence-corrected chi connectivity index (χ2v) is 4.29. The third-order valence-electron chi connectivity index (χ3n) is 2.75. The number of carbonyl (C=O) groups is 1. The highest BCUT2D eigenvalue weighted by atomic mass is 16.5. The van der Waals surface area contributed by atoms with Crippen molar-refractivity contribution in [3.8, 4) is 0 Å². The summed E-state index contributed by atoms with van der Waals surface area (Å²) in [6, 6.07) is 6.99. The van der Waals surface area contributed by atoms with Gasteiger partial charge in [0.1, 0.15) is 0 Å². The lowest BCUT2D eigenvalue weighted by atomic mass is 10.2. The smallest absolute Gasteiger partial charge is 0.251 e.